The molecular formula is C17H15N3O3S. The van der Waals surface area contributed by atoms with Crippen LogP contribution in [0.15, 0.2) is 48.0 Å². The van der Waals surface area contributed by atoms with E-state index in [1.165, 1.54) is 18.4 Å². The largest absolute Gasteiger partial charge is 0.481 e. The smallest absolute Gasteiger partial charge is 0.325 e. The number of benzene rings is 1. The fourth-order valence-electron chi connectivity index (χ4n) is 1.99. The first-order valence-corrected chi connectivity index (χ1v) is 8.04. The van der Waals surface area contributed by atoms with E-state index in [1.807, 2.05) is 18.4 Å². The van der Waals surface area contributed by atoms with E-state index >= 15 is 0 Å². The minimum Gasteiger partial charge on any atom is -0.481 e. The minimum atomic E-state index is -0.118. The van der Waals surface area contributed by atoms with Crippen LogP contribution in [0.1, 0.15) is 15.2 Å². The van der Waals surface area contributed by atoms with Crippen molar-refractivity contribution in [2.24, 2.45) is 0 Å². The van der Waals surface area contributed by atoms with E-state index in [0.29, 0.717) is 22.2 Å². The summed E-state index contributed by atoms with van der Waals surface area (Å²) in [4.78, 5) is 21.0. The standard InChI is InChI=1S/C17H15N3O3S/c1-11-8-10-24-15(11)16(21)19-12-3-5-13(6-4-12)23-17-18-9-7-14(20-17)22-2/h3-10H,1-2H3,(H,19,21). The lowest BCUT2D eigenvalue weighted by Gasteiger charge is -2.07. The molecule has 1 amide bonds. The Kier molecular flexibility index (Phi) is 4.72. The maximum atomic E-state index is 12.2. The van der Waals surface area contributed by atoms with Gasteiger partial charge in [0.15, 0.2) is 0 Å². The molecule has 3 aromatic rings. The van der Waals surface area contributed by atoms with Gasteiger partial charge in [0.1, 0.15) is 5.75 Å². The van der Waals surface area contributed by atoms with Crippen LogP contribution in [0, 0.1) is 6.92 Å². The number of methoxy groups -OCH3 is 1. The molecule has 0 aliphatic rings. The Bertz CT molecular complexity index is 846. The number of rotatable bonds is 5. The molecule has 0 aliphatic heterocycles. The lowest BCUT2D eigenvalue weighted by molar-refractivity contribution is 0.103. The first kappa shape index (κ1) is 15.9. The van der Waals surface area contributed by atoms with E-state index in [4.69, 9.17) is 9.47 Å². The average Bonchev–Trinajstić information content (AvgIpc) is 3.03. The summed E-state index contributed by atoms with van der Waals surface area (Å²) in [7, 11) is 1.53. The van der Waals surface area contributed by atoms with E-state index in [-0.39, 0.29) is 11.9 Å². The molecule has 122 valence electrons. The van der Waals surface area contributed by atoms with Gasteiger partial charge < -0.3 is 14.8 Å². The van der Waals surface area contributed by atoms with Crippen LogP contribution in [0.3, 0.4) is 0 Å². The van der Waals surface area contributed by atoms with Crippen LogP contribution in [-0.4, -0.2) is 23.0 Å². The van der Waals surface area contributed by atoms with Gasteiger partial charge in [0.25, 0.3) is 5.91 Å². The Morgan fingerprint density at radius 3 is 2.62 bits per heavy atom. The highest BCUT2D eigenvalue weighted by Gasteiger charge is 2.10. The van der Waals surface area contributed by atoms with Crippen LogP contribution in [0.5, 0.6) is 17.6 Å². The Hall–Kier alpha value is -2.93. The van der Waals surface area contributed by atoms with E-state index in [9.17, 15) is 4.79 Å². The lowest BCUT2D eigenvalue weighted by Crippen LogP contribution is -2.11. The highest BCUT2D eigenvalue weighted by atomic mass is 32.1. The lowest BCUT2D eigenvalue weighted by atomic mass is 10.2. The van der Waals surface area contributed by atoms with Gasteiger partial charge in [0, 0.05) is 18.0 Å². The van der Waals surface area contributed by atoms with Crippen molar-refractivity contribution in [3.8, 4) is 17.6 Å². The zero-order chi connectivity index (χ0) is 16.9. The summed E-state index contributed by atoms with van der Waals surface area (Å²) in [6.07, 6.45) is 1.55. The van der Waals surface area contributed by atoms with Gasteiger partial charge in [-0.15, -0.1) is 11.3 Å². The second-order valence-corrected chi connectivity index (χ2v) is 5.81. The molecule has 0 fully saturated rings. The molecule has 1 aromatic carbocycles. The van der Waals surface area contributed by atoms with Crippen molar-refractivity contribution in [3.05, 3.63) is 58.4 Å². The number of anilines is 1. The van der Waals surface area contributed by atoms with Crippen LogP contribution in [0.4, 0.5) is 5.69 Å². The molecule has 7 heteroatoms. The molecule has 0 radical (unpaired) electrons. The van der Waals surface area contributed by atoms with Crippen LogP contribution >= 0.6 is 11.3 Å². The molecule has 2 heterocycles. The molecule has 0 saturated heterocycles. The number of aryl methyl sites for hydroxylation is 1. The van der Waals surface area contributed by atoms with Gasteiger partial charge in [-0.3, -0.25) is 4.79 Å². The Labute approximate surface area is 143 Å². The monoisotopic (exact) mass is 341 g/mol. The summed E-state index contributed by atoms with van der Waals surface area (Å²) in [6.45, 7) is 1.91. The quantitative estimate of drug-likeness (QED) is 0.762. The van der Waals surface area contributed by atoms with Crippen LogP contribution in [-0.2, 0) is 0 Å². The van der Waals surface area contributed by atoms with Gasteiger partial charge in [-0.2, -0.15) is 4.98 Å². The van der Waals surface area contributed by atoms with Gasteiger partial charge in [-0.1, -0.05) is 0 Å². The number of carbonyl (C=O) groups excluding carboxylic acids is 1. The number of ether oxygens (including phenoxy) is 2. The third-order valence-electron chi connectivity index (χ3n) is 3.21. The Balaban J connectivity index is 1.67. The van der Waals surface area contributed by atoms with Crippen molar-refractivity contribution in [3.63, 3.8) is 0 Å². The highest BCUT2D eigenvalue weighted by Crippen LogP contribution is 2.23. The minimum absolute atomic E-state index is 0.118. The number of thiophene rings is 1. The number of aromatic nitrogens is 2. The van der Waals surface area contributed by atoms with Crippen molar-refractivity contribution in [1.82, 2.24) is 9.97 Å². The maximum Gasteiger partial charge on any atom is 0.325 e. The molecule has 0 aliphatic carbocycles. The Morgan fingerprint density at radius 1 is 1.17 bits per heavy atom. The van der Waals surface area contributed by atoms with Gasteiger partial charge in [-0.25, -0.2) is 4.98 Å². The summed E-state index contributed by atoms with van der Waals surface area (Å²) in [5.74, 6) is 0.871. The van der Waals surface area contributed by atoms with Gasteiger partial charge in [0.05, 0.1) is 12.0 Å². The molecule has 0 saturated carbocycles. The summed E-state index contributed by atoms with van der Waals surface area (Å²) in [6, 6.07) is 10.7. The van der Waals surface area contributed by atoms with Crippen molar-refractivity contribution in [1.29, 1.82) is 0 Å². The number of nitrogens with zero attached hydrogens (tertiary/aromatic N) is 2. The first-order valence-electron chi connectivity index (χ1n) is 7.16. The maximum absolute atomic E-state index is 12.2. The first-order chi connectivity index (χ1) is 11.7. The number of hydrogen-bond acceptors (Lipinski definition) is 6. The normalized spacial score (nSPS) is 10.2. The van der Waals surface area contributed by atoms with Crippen LogP contribution in [0.2, 0.25) is 0 Å². The fourth-order valence-corrected chi connectivity index (χ4v) is 2.81. The number of carbonyl (C=O) groups is 1. The fraction of sp³-hybridized carbons (Fsp3) is 0.118. The second kappa shape index (κ2) is 7.10. The summed E-state index contributed by atoms with van der Waals surface area (Å²) < 4.78 is 10.6. The van der Waals surface area contributed by atoms with Crippen molar-refractivity contribution in [2.45, 2.75) is 6.92 Å². The van der Waals surface area contributed by atoms with E-state index in [2.05, 4.69) is 15.3 Å². The molecule has 0 atom stereocenters. The average molecular weight is 341 g/mol. The molecule has 1 N–H and O–H groups in total. The number of hydrogen-bond donors (Lipinski definition) is 1. The topological polar surface area (TPSA) is 73.3 Å². The van der Waals surface area contributed by atoms with Gasteiger partial charge in [-0.05, 0) is 48.2 Å². The third kappa shape index (κ3) is 3.69. The zero-order valence-electron chi connectivity index (χ0n) is 13.1. The highest BCUT2D eigenvalue weighted by molar-refractivity contribution is 7.12. The van der Waals surface area contributed by atoms with Crippen LogP contribution in [0.25, 0.3) is 0 Å². The van der Waals surface area contributed by atoms with E-state index in [0.717, 1.165) is 5.56 Å². The summed E-state index contributed by atoms with van der Waals surface area (Å²) in [5.41, 5.74) is 1.65. The SMILES string of the molecule is COc1ccnc(Oc2ccc(NC(=O)c3sccc3C)cc2)n1. The molecule has 2 aromatic heterocycles. The molecule has 0 unspecified atom stereocenters. The van der Waals surface area contributed by atoms with Crippen molar-refractivity contribution in [2.75, 3.05) is 12.4 Å². The molecule has 0 spiro atoms. The number of amides is 1. The molecule has 3 rings (SSSR count). The summed E-state index contributed by atoms with van der Waals surface area (Å²) >= 11 is 1.42. The predicted octanol–water partition coefficient (Wildman–Crippen LogP) is 3.90. The van der Waals surface area contributed by atoms with E-state index in [1.54, 1.807) is 36.5 Å². The van der Waals surface area contributed by atoms with Gasteiger partial charge in [0.2, 0.25) is 5.88 Å². The van der Waals surface area contributed by atoms with Crippen molar-refractivity contribution < 1.29 is 14.3 Å². The third-order valence-corrected chi connectivity index (χ3v) is 4.22. The summed E-state index contributed by atoms with van der Waals surface area (Å²) in [5, 5.41) is 4.76. The zero-order valence-corrected chi connectivity index (χ0v) is 14.0. The molecule has 6 nitrogen and oxygen atoms in total. The predicted molar refractivity (Wildman–Crippen MR) is 92.1 cm³/mol. The number of nitrogens with one attached hydrogen (secondary N) is 1. The van der Waals surface area contributed by atoms with E-state index < -0.39 is 0 Å². The molecular weight excluding hydrogens is 326 g/mol. The van der Waals surface area contributed by atoms with Gasteiger partial charge >= 0.3 is 6.01 Å². The molecule has 24 heavy (non-hydrogen) atoms. The van der Waals surface area contributed by atoms with Crippen molar-refractivity contribution >= 4 is 22.9 Å². The second-order valence-electron chi connectivity index (χ2n) is 4.89. The van der Waals surface area contributed by atoms with Crippen LogP contribution < -0.4 is 14.8 Å². The Morgan fingerprint density at radius 2 is 1.96 bits per heavy atom. The molecule has 0 bridgehead atoms.